The Bertz CT molecular complexity index is 1230. The summed E-state index contributed by atoms with van der Waals surface area (Å²) in [4.78, 5) is 54.9. The molecule has 0 aromatic heterocycles. The van der Waals surface area contributed by atoms with Gasteiger partial charge >= 0.3 is 22.0 Å². The van der Waals surface area contributed by atoms with E-state index in [1.54, 1.807) is 20.8 Å². The average Bonchev–Trinajstić information content (AvgIpc) is 3.35. The molecule has 6 atom stereocenters. The number of nitrogens with zero attached hydrogens (tertiary/aromatic N) is 1. The highest BCUT2D eigenvalue weighted by molar-refractivity contribution is 7.86. The van der Waals surface area contributed by atoms with E-state index in [0.717, 1.165) is 31.8 Å². The lowest BCUT2D eigenvalue weighted by atomic mass is 10.0. The van der Waals surface area contributed by atoms with Gasteiger partial charge in [-0.2, -0.15) is 13.1 Å². The third-order valence-electron chi connectivity index (χ3n) is 8.44. The van der Waals surface area contributed by atoms with Crippen LogP contribution < -0.4 is 15.4 Å². The number of fused-ring (bicyclic) bond motifs is 2. The summed E-state index contributed by atoms with van der Waals surface area (Å²) in [5, 5.41) is 4.03. The van der Waals surface area contributed by atoms with E-state index in [0.29, 0.717) is 43.4 Å². The monoisotopic (exact) mass is 611 g/mol. The number of amides is 4. The number of hydrogen-bond donors (Lipinski definition) is 3. The molecule has 6 unspecified atom stereocenters. The number of halogens is 1. The van der Waals surface area contributed by atoms with Gasteiger partial charge in [0, 0.05) is 6.54 Å². The third-order valence-corrected chi connectivity index (χ3v) is 10.2. The second kappa shape index (κ2) is 12.8. The van der Waals surface area contributed by atoms with E-state index in [4.69, 9.17) is 4.74 Å². The molecular weight excluding hydrogens is 567 g/mol. The first-order chi connectivity index (χ1) is 19.7. The highest BCUT2D eigenvalue weighted by atomic mass is 32.2. The molecule has 3 fully saturated rings. The molecule has 4 N–H and O–H groups in total. The van der Waals surface area contributed by atoms with E-state index in [9.17, 15) is 32.0 Å². The Morgan fingerprint density at radius 2 is 1.71 bits per heavy atom. The van der Waals surface area contributed by atoms with Crippen LogP contribution in [0.2, 0.25) is 0 Å². The number of nitrogens with one attached hydrogen (secondary N) is 2. The Balaban J connectivity index is 1.53. The van der Waals surface area contributed by atoms with Crippen LogP contribution in [0.4, 0.5) is 9.18 Å². The number of quaternary nitrogens is 1. The van der Waals surface area contributed by atoms with Gasteiger partial charge in [0.05, 0.1) is 0 Å². The Kier molecular flexibility index (Phi) is 9.81. The van der Waals surface area contributed by atoms with Crippen molar-refractivity contribution in [2.45, 2.75) is 120 Å². The summed E-state index contributed by atoms with van der Waals surface area (Å²) >= 11 is 0. The summed E-state index contributed by atoms with van der Waals surface area (Å²) in [6.07, 6.45) is 9.04. The van der Waals surface area contributed by atoms with Gasteiger partial charge in [-0.15, -0.1) is 0 Å². The van der Waals surface area contributed by atoms with Gasteiger partial charge in [-0.05, 0) is 64.9 Å². The van der Waals surface area contributed by atoms with E-state index in [1.807, 2.05) is 0 Å². The number of alkyl halides is 1. The largest absolute Gasteiger partial charge is 0.444 e. The Hall–Kier alpha value is -2.80. The third kappa shape index (κ3) is 7.58. The number of alkyl carbamates (subject to hydrolysis) is 1. The Morgan fingerprint density at radius 3 is 2.40 bits per heavy atom. The minimum Gasteiger partial charge on any atom is -0.444 e. The van der Waals surface area contributed by atoms with E-state index in [1.165, 1.54) is 23.1 Å². The zero-order valence-electron chi connectivity index (χ0n) is 24.6. The van der Waals surface area contributed by atoms with Crippen LogP contribution in [0, 0.1) is 5.92 Å². The van der Waals surface area contributed by atoms with Crippen LogP contribution in [0.15, 0.2) is 24.3 Å². The number of primary sulfonamides is 1. The number of nitrogens with two attached hydrogens (primary N) is 1. The Labute approximate surface area is 247 Å². The molecule has 0 aromatic rings. The number of ether oxygens (including phenoxy) is 1. The highest BCUT2D eigenvalue weighted by Crippen LogP contribution is 2.47. The van der Waals surface area contributed by atoms with Gasteiger partial charge < -0.3 is 20.3 Å². The first kappa shape index (κ1) is 32.1. The van der Waals surface area contributed by atoms with Crippen molar-refractivity contribution >= 4 is 33.8 Å². The summed E-state index contributed by atoms with van der Waals surface area (Å²) < 4.78 is 46.4. The van der Waals surface area contributed by atoms with Gasteiger partial charge in [-0.1, -0.05) is 50.3 Å². The molecule has 0 aromatic carbocycles. The first-order valence-electron chi connectivity index (χ1n) is 15.0. The van der Waals surface area contributed by atoms with Crippen molar-refractivity contribution in [3.63, 3.8) is 0 Å². The van der Waals surface area contributed by atoms with E-state index in [-0.39, 0.29) is 18.2 Å². The van der Waals surface area contributed by atoms with Gasteiger partial charge in [0.1, 0.15) is 23.9 Å². The fraction of sp³-hybridized carbons (Fsp3) is 0.724. The van der Waals surface area contributed by atoms with Gasteiger partial charge in [-0.25, -0.2) is 14.0 Å². The lowest BCUT2D eigenvalue weighted by Gasteiger charge is -2.30. The maximum atomic E-state index is 14.4. The summed E-state index contributed by atoms with van der Waals surface area (Å²) in [5.74, 6) is -1.93. The summed E-state index contributed by atoms with van der Waals surface area (Å²) in [5.41, 5.74) is -2.15. The van der Waals surface area contributed by atoms with Crippen molar-refractivity contribution in [2.75, 3.05) is 6.54 Å². The molecule has 4 amide bonds. The molecule has 2 aliphatic carbocycles. The van der Waals surface area contributed by atoms with E-state index < -0.39 is 62.6 Å². The van der Waals surface area contributed by atoms with Crippen LogP contribution >= 0.6 is 0 Å². The predicted octanol–water partition coefficient (Wildman–Crippen LogP) is 1.74. The number of carbonyl (C=O) groups excluding carboxylic acids is 4. The van der Waals surface area contributed by atoms with Crippen molar-refractivity contribution in [2.24, 2.45) is 5.92 Å². The fourth-order valence-electron chi connectivity index (χ4n) is 6.16. The topological polar surface area (TPSA) is 156 Å². The molecule has 4 aliphatic rings. The second-order valence-corrected chi connectivity index (χ2v) is 14.8. The molecular formula is C29H44FN4O7S+. The van der Waals surface area contributed by atoms with Crippen molar-refractivity contribution in [1.82, 2.24) is 15.5 Å². The SMILES string of the molecule is CC(C)(C)OC(=O)NC1CCCCCCCC2CC2(C(=O)[NH2+]S(=O)(=O)C2C=CC=CC2F)NC(=O)C2CCCN2C1=O. The van der Waals surface area contributed by atoms with Crippen LogP contribution in [0.3, 0.4) is 0 Å². The van der Waals surface area contributed by atoms with Gasteiger partial charge in [0.2, 0.25) is 11.8 Å². The number of carbonyl (C=O) groups is 4. The predicted molar refractivity (Wildman–Crippen MR) is 152 cm³/mol. The maximum absolute atomic E-state index is 14.4. The summed E-state index contributed by atoms with van der Waals surface area (Å²) in [6, 6.07) is -1.73. The van der Waals surface area contributed by atoms with Crippen molar-refractivity contribution in [3.8, 4) is 0 Å². The summed E-state index contributed by atoms with van der Waals surface area (Å²) in [7, 11) is -4.29. The lowest BCUT2D eigenvalue weighted by molar-refractivity contribution is -0.417. The first-order valence-corrected chi connectivity index (χ1v) is 16.6. The van der Waals surface area contributed by atoms with Crippen LogP contribution in [0.1, 0.15) is 85.0 Å². The number of sulfonamides is 1. The second-order valence-electron chi connectivity index (χ2n) is 12.8. The molecule has 0 spiro atoms. The standard InChI is InChI=1S/C29H43FN4O7S/c1-28(2,3)41-27(38)31-21-14-8-6-4-5-7-12-19-18-29(19,32-24(35)22-15-11-17-34(22)25(21)36)26(37)33-42(39,40)23-16-10-9-13-20(23)30/h9-10,13,16,19-23H,4-8,11-12,14-15,17-18H2,1-3H3,(H,31,38)(H,32,35)(H,33,37)/p+1. The molecule has 42 heavy (non-hydrogen) atoms. The quantitative estimate of drug-likeness (QED) is 0.437. The maximum Gasteiger partial charge on any atom is 0.408 e. The van der Waals surface area contributed by atoms with Gasteiger partial charge in [0.25, 0.3) is 0 Å². The highest BCUT2D eigenvalue weighted by Gasteiger charge is 2.65. The number of allylic oxidation sites excluding steroid dienone is 3. The molecule has 2 heterocycles. The van der Waals surface area contributed by atoms with Gasteiger partial charge in [0.15, 0.2) is 10.8 Å². The Morgan fingerprint density at radius 1 is 1.05 bits per heavy atom. The zero-order chi connectivity index (χ0) is 30.7. The normalized spacial score (nSPS) is 32.6. The molecule has 13 heteroatoms. The van der Waals surface area contributed by atoms with Crippen LogP contribution in [0.25, 0.3) is 0 Å². The molecule has 11 nitrogen and oxygen atoms in total. The van der Waals surface area contributed by atoms with Crippen molar-refractivity contribution < 1.29 is 41.4 Å². The fourth-order valence-corrected chi connectivity index (χ4v) is 7.59. The number of rotatable bonds is 4. The molecule has 2 saturated heterocycles. The molecule has 234 valence electrons. The smallest absolute Gasteiger partial charge is 0.408 e. The summed E-state index contributed by atoms with van der Waals surface area (Å²) in [6.45, 7) is 5.51. The molecule has 1 saturated carbocycles. The average molecular weight is 612 g/mol. The molecule has 0 bridgehead atoms. The van der Waals surface area contributed by atoms with E-state index in [2.05, 4.69) is 10.6 Å². The van der Waals surface area contributed by atoms with Crippen LogP contribution in [-0.2, 0) is 29.1 Å². The van der Waals surface area contributed by atoms with Crippen LogP contribution in [0.5, 0.6) is 0 Å². The van der Waals surface area contributed by atoms with E-state index >= 15 is 0 Å². The lowest BCUT2D eigenvalue weighted by Crippen LogP contribution is -2.96. The van der Waals surface area contributed by atoms with Crippen molar-refractivity contribution in [1.29, 1.82) is 0 Å². The van der Waals surface area contributed by atoms with Crippen LogP contribution in [-0.4, -0.2) is 78.3 Å². The molecule has 0 radical (unpaired) electrons. The van der Waals surface area contributed by atoms with Gasteiger partial charge in [-0.3, -0.25) is 9.59 Å². The molecule has 2 aliphatic heterocycles. The minimum atomic E-state index is -4.29. The minimum absolute atomic E-state index is 0.249. The van der Waals surface area contributed by atoms with Crippen molar-refractivity contribution in [3.05, 3.63) is 24.3 Å². The molecule has 4 rings (SSSR count). The number of hydrogen-bond acceptors (Lipinski definition) is 7. The zero-order valence-corrected chi connectivity index (χ0v) is 25.5. The number of primary amides is 1.